The molecule has 1 fully saturated rings. The van der Waals surface area contributed by atoms with Crippen LogP contribution in [0.1, 0.15) is 35.2 Å². The molecule has 2 aromatic carbocycles. The van der Waals surface area contributed by atoms with E-state index in [0.29, 0.717) is 23.9 Å². The minimum Gasteiger partial charge on any atom is -0.322 e. The van der Waals surface area contributed by atoms with Gasteiger partial charge in [-0.1, -0.05) is 54.1 Å². The van der Waals surface area contributed by atoms with E-state index in [2.05, 4.69) is 32.3 Å². The summed E-state index contributed by atoms with van der Waals surface area (Å²) in [5.41, 5.74) is 3.70. The van der Waals surface area contributed by atoms with Crippen molar-refractivity contribution in [2.75, 3.05) is 31.5 Å². The van der Waals surface area contributed by atoms with Crippen molar-refractivity contribution in [2.24, 2.45) is 0 Å². The molecular formula is C26H28ClN5O2. The first-order valence-corrected chi connectivity index (χ1v) is 11.7. The van der Waals surface area contributed by atoms with E-state index in [9.17, 15) is 9.59 Å². The molecule has 1 unspecified atom stereocenters. The van der Waals surface area contributed by atoms with Gasteiger partial charge in [-0.05, 0) is 36.6 Å². The Bertz CT molecular complexity index is 1160. The number of halogens is 1. The highest BCUT2D eigenvalue weighted by Crippen LogP contribution is 2.31. The fourth-order valence-corrected chi connectivity index (χ4v) is 4.47. The summed E-state index contributed by atoms with van der Waals surface area (Å²) in [5.74, 6) is 0.121. The molecule has 176 valence electrons. The molecule has 0 spiro atoms. The van der Waals surface area contributed by atoms with Crippen molar-refractivity contribution in [3.8, 4) is 0 Å². The van der Waals surface area contributed by atoms with Crippen LogP contribution in [0.5, 0.6) is 0 Å². The number of nitrogens with one attached hydrogen (secondary N) is 1. The lowest BCUT2D eigenvalue weighted by atomic mass is 9.87. The molecule has 7 nitrogen and oxygen atoms in total. The number of ketones is 1. The zero-order valence-corrected chi connectivity index (χ0v) is 20.1. The summed E-state index contributed by atoms with van der Waals surface area (Å²) in [6, 6.07) is 15.5. The van der Waals surface area contributed by atoms with Crippen LogP contribution in [-0.2, 0) is 11.3 Å². The van der Waals surface area contributed by atoms with E-state index in [-0.39, 0.29) is 17.7 Å². The van der Waals surface area contributed by atoms with E-state index in [0.717, 1.165) is 42.0 Å². The molecular weight excluding hydrogens is 450 g/mol. The van der Waals surface area contributed by atoms with Crippen LogP contribution in [0.25, 0.3) is 0 Å². The minimum absolute atomic E-state index is 0.0585. The quantitative estimate of drug-likeness (QED) is 0.565. The maximum Gasteiger partial charge on any atom is 0.323 e. The van der Waals surface area contributed by atoms with Gasteiger partial charge in [0.1, 0.15) is 5.78 Å². The van der Waals surface area contributed by atoms with Crippen LogP contribution < -0.4 is 5.32 Å². The van der Waals surface area contributed by atoms with E-state index in [1.165, 1.54) is 0 Å². The molecule has 34 heavy (non-hydrogen) atoms. The number of nitrogens with zero attached hydrogens (tertiary/aromatic N) is 4. The van der Waals surface area contributed by atoms with Crippen LogP contribution in [0, 0.1) is 6.92 Å². The molecule has 1 aromatic heterocycles. The Hall–Kier alpha value is -3.29. The van der Waals surface area contributed by atoms with Gasteiger partial charge in [-0.3, -0.25) is 20.0 Å². The van der Waals surface area contributed by atoms with Crippen molar-refractivity contribution in [3.05, 3.63) is 88.3 Å². The predicted octanol–water partition coefficient (Wildman–Crippen LogP) is 4.51. The van der Waals surface area contributed by atoms with Crippen LogP contribution in [0.3, 0.4) is 0 Å². The predicted molar refractivity (Wildman–Crippen MR) is 133 cm³/mol. The maximum atomic E-state index is 12.5. The molecule has 0 bridgehead atoms. The first kappa shape index (κ1) is 23.9. The number of aryl methyl sites for hydroxylation is 1. The Morgan fingerprint density at radius 1 is 1.03 bits per heavy atom. The van der Waals surface area contributed by atoms with Gasteiger partial charge in [0.05, 0.1) is 24.0 Å². The highest BCUT2D eigenvalue weighted by molar-refractivity contribution is 6.31. The summed E-state index contributed by atoms with van der Waals surface area (Å²) in [7, 11) is 0. The molecule has 0 aliphatic carbocycles. The third-order valence-electron chi connectivity index (χ3n) is 5.99. The average Bonchev–Trinajstić information content (AvgIpc) is 2.82. The highest BCUT2D eigenvalue weighted by Gasteiger charge is 2.24. The van der Waals surface area contributed by atoms with Gasteiger partial charge in [0.2, 0.25) is 0 Å². The van der Waals surface area contributed by atoms with E-state index >= 15 is 0 Å². The number of carbonyl (C=O) groups excluding carboxylic acids is 2. The van der Waals surface area contributed by atoms with Crippen LogP contribution in [0.15, 0.2) is 60.9 Å². The summed E-state index contributed by atoms with van der Waals surface area (Å²) in [6.07, 6.45) is 3.19. The average molecular weight is 478 g/mol. The summed E-state index contributed by atoms with van der Waals surface area (Å²) < 4.78 is 0. The van der Waals surface area contributed by atoms with Gasteiger partial charge in [-0.2, -0.15) is 0 Å². The molecule has 3 aromatic rings. The second kappa shape index (κ2) is 10.8. The maximum absolute atomic E-state index is 12.5. The van der Waals surface area contributed by atoms with Crippen LogP contribution in [-0.4, -0.2) is 57.8 Å². The number of amides is 2. The van der Waals surface area contributed by atoms with Crippen LogP contribution in [0.4, 0.5) is 10.6 Å². The van der Waals surface area contributed by atoms with Gasteiger partial charge in [-0.25, -0.2) is 9.78 Å². The largest absolute Gasteiger partial charge is 0.323 e. The lowest BCUT2D eigenvalue weighted by Gasteiger charge is -2.34. The number of carbonyl (C=O) groups is 2. The summed E-state index contributed by atoms with van der Waals surface area (Å²) >= 11 is 6.40. The molecule has 1 saturated heterocycles. The molecule has 0 saturated carbocycles. The molecule has 1 aliphatic heterocycles. The number of Topliss-reactive ketones (excluding diaryl/α,β-unsaturated/α-hetero) is 1. The smallest absolute Gasteiger partial charge is 0.322 e. The van der Waals surface area contributed by atoms with Crippen molar-refractivity contribution < 1.29 is 9.59 Å². The van der Waals surface area contributed by atoms with Crippen LogP contribution >= 0.6 is 11.6 Å². The van der Waals surface area contributed by atoms with Gasteiger partial charge in [0.25, 0.3) is 0 Å². The lowest BCUT2D eigenvalue weighted by Crippen LogP contribution is -2.49. The highest BCUT2D eigenvalue weighted by atomic mass is 35.5. The number of urea groups is 1. The van der Waals surface area contributed by atoms with Crippen molar-refractivity contribution in [1.29, 1.82) is 0 Å². The molecule has 0 radical (unpaired) electrons. The molecule has 8 heteroatoms. The fourth-order valence-electron chi connectivity index (χ4n) is 4.23. The van der Waals surface area contributed by atoms with E-state index in [4.69, 9.17) is 11.6 Å². The Balaban J connectivity index is 1.37. The third kappa shape index (κ3) is 5.79. The third-order valence-corrected chi connectivity index (χ3v) is 6.33. The Labute approximate surface area is 204 Å². The summed E-state index contributed by atoms with van der Waals surface area (Å²) in [6.45, 7) is 6.98. The topological polar surface area (TPSA) is 78.4 Å². The van der Waals surface area contributed by atoms with Gasteiger partial charge < -0.3 is 4.90 Å². The number of rotatable bonds is 6. The Morgan fingerprint density at radius 3 is 2.47 bits per heavy atom. The number of benzene rings is 2. The normalized spacial score (nSPS) is 15.1. The van der Waals surface area contributed by atoms with E-state index in [1.807, 2.05) is 43.3 Å². The molecule has 1 atom stereocenters. The monoisotopic (exact) mass is 477 g/mol. The lowest BCUT2D eigenvalue weighted by molar-refractivity contribution is -0.117. The first-order chi connectivity index (χ1) is 16.4. The second-order valence-electron chi connectivity index (χ2n) is 8.55. The molecule has 1 N–H and O–H groups in total. The van der Waals surface area contributed by atoms with E-state index < -0.39 is 0 Å². The van der Waals surface area contributed by atoms with Crippen LogP contribution in [0.2, 0.25) is 5.02 Å². The van der Waals surface area contributed by atoms with Crippen molar-refractivity contribution in [2.45, 2.75) is 26.3 Å². The number of anilines is 1. The fraction of sp³-hybridized carbons (Fsp3) is 0.308. The minimum atomic E-state index is -0.390. The van der Waals surface area contributed by atoms with Gasteiger partial charge in [-0.15, -0.1) is 0 Å². The number of hydrogen-bond acceptors (Lipinski definition) is 5. The number of piperazine rings is 1. The van der Waals surface area contributed by atoms with Crippen molar-refractivity contribution >= 4 is 29.2 Å². The number of hydrogen-bond donors (Lipinski definition) is 1. The van der Waals surface area contributed by atoms with Gasteiger partial charge in [0.15, 0.2) is 5.82 Å². The Morgan fingerprint density at radius 2 is 1.79 bits per heavy atom. The SMILES string of the molecule is CC(=O)C(c1cccc(CN2CCN(C(=O)Nc3cnc(C)cn3)CC2)c1)c1ccccc1Cl. The van der Waals surface area contributed by atoms with Crippen molar-refractivity contribution in [3.63, 3.8) is 0 Å². The zero-order valence-electron chi connectivity index (χ0n) is 19.4. The Kier molecular flexibility index (Phi) is 7.55. The van der Waals surface area contributed by atoms with Gasteiger partial charge >= 0.3 is 6.03 Å². The van der Waals surface area contributed by atoms with E-state index in [1.54, 1.807) is 24.2 Å². The summed E-state index contributed by atoms with van der Waals surface area (Å²) in [5, 5.41) is 3.40. The molecule has 2 amide bonds. The molecule has 1 aliphatic rings. The summed E-state index contributed by atoms with van der Waals surface area (Å²) in [4.78, 5) is 37.5. The zero-order chi connectivity index (χ0) is 24.1. The second-order valence-corrected chi connectivity index (χ2v) is 8.95. The van der Waals surface area contributed by atoms with Gasteiger partial charge in [0, 0.05) is 37.7 Å². The molecule has 4 rings (SSSR count). The first-order valence-electron chi connectivity index (χ1n) is 11.3. The number of aromatic nitrogens is 2. The standard InChI is InChI=1S/C26H28ClN5O2/c1-18-15-29-24(16-28-18)30-26(34)32-12-10-31(11-13-32)17-20-6-5-7-21(14-20)25(19(2)33)22-8-3-4-9-23(22)27/h3-9,14-16,25H,10-13,17H2,1-2H3,(H,29,30,34). The van der Waals surface area contributed by atoms with Crippen molar-refractivity contribution in [1.82, 2.24) is 19.8 Å². The molecule has 2 heterocycles.